The summed E-state index contributed by atoms with van der Waals surface area (Å²) in [5.41, 5.74) is 0.303. The van der Waals surface area contributed by atoms with E-state index in [2.05, 4.69) is 0 Å². The molecule has 0 bridgehead atoms. The van der Waals surface area contributed by atoms with Crippen molar-refractivity contribution >= 4 is 11.6 Å². The molecule has 1 aromatic rings. The number of rotatable bonds is 5. The fourth-order valence-corrected chi connectivity index (χ4v) is 1.47. The van der Waals surface area contributed by atoms with Gasteiger partial charge in [-0.05, 0) is 12.5 Å². The minimum absolute atomic E-state index is 0.0558. The van der Waals surface area contributed by atoms with Crippen LogP contribution in [0.3, 0.4) is 0 Å². The zero-order valence-corrected chi connectivity index (χ0v) is 10.0. The molecule has 0 unspecified atom stereocenters. The molecule has 5 nitrogen and oxygen atoms in total. The van der Waals surface area contributed by atoms with Crippen LogP contribution in [0, 0.1) is 10.1 Å². The molecule has 0 fully saturated rings. The highest BCUT2D eigenvalue weighted by atomic mass is 16.6. The van der Waals surface area contributed by atoms with Crippen LogP contribution in [0.15, 0.2) is 24.3 Å². The highest BCUT2D eigenvalue weighted by molar-refractivity contribution is 5.94. The van der Waals surface area contributed by atoms with E-state index in [1.165, 1.54) is 18.2 Å². The summed E-state index contributed by atoms with van der Waals surface area (Å²) in [4.78, 5) is 23.6. The number of carbonyl (C=O) groups excluding carboxylic acids is 1. The fourth-order valence-electron chi connectivity index (χ4n) is 1.47. The van der Waals surface area contributed by atoms with Crippen LogP contribution in [-0.2, 0) is 0 Å². The van der Waals surface area contributed by atoms with Gasteiger partial charge in [-0.3, -0.25) is 14.9 Å². The summed E-state index contributed by atoms with van der Waals surface area (Å²) in [6.45, 7) is 2.71. The van der Waals surface area contributed by atoms with Crippen molar-refractivity contribution in [1.82, 2.24) is 4.90 Å². The molecule has 0 aliphatic heterocycles. The van der Waals surface area contributed by atoms with Crippen molar-refractivity contribution < 1.29 is 9.72 Å². The zero-order valence-electron chi connectivity index (χ0n) is 10.0. The molecule has 5 heteroatoms. The first-order valence-electron chi connectivity index (χ1n) is 5.56. The summed E-state index contributed by atoms with van der Waals surface area (Å²) in [6.07, 6.45) is 1.93. The molecule has 0 radical (unpaired) electrons. The normalized spacial score (nSPS) is 10.0. The lowest BCUT2D eigenvalue weighted by Gasteiger charge is -2.16. The predicted molar refractivity (Wildman–Crippen MR) is 65.0 cm³/mol. The molecule has 0 atom stereocenters. The van der Waals surface area contributed by atoms with Crippen LogP contribution in [0.5, 0.6) is 0 Å². The summed E-state index contributed by atoms with van der Waals surface area (Å²) < 4.78 is 0. The van der Waals surface area contributed by atoms with Gasteiger partial charge in [-0.15, -0.1) is 0 Å². The highest BCUT2D eigenvalue weighted by Crippen LogP contribution is 2.14. The van der Waals surface area contributed by atoms with Crippen molar-refractivity contribution in [3.05, 3.63) is 39.9 Å². The highest BCUT2D eigenvalue weighted by Gasteiger charge is 2.14. The summed E-state index contributed by atoms with van der Waals surface area (Å²) in [6, 6.07) is 5.81. The quantitative estimate of drug-likeness (QED) is 0.582. The van der Waals surface area contributed by atoms with Gasteiger partial charge >= 0.3 is 0 Å². The number of nitrogens with zero attached hydrogens (tertiary/aromatic N) is 2. The molecular weight excluding hydrogens is 220 g/mol. The molecule has 0 spiro atoms. The van der Waals surface area contributed by atoms with Crippen LogP contribution >= 0.6 is 0 Å². The molecule has 1 rings (SSSR count). The van der Waals surface area contributed by atoms with Gasteiger partial charge in [0, 0.05) is 31.3 Å². The number of nitro benzene ring substituents is 1. The molecule has 0 saturated carbocycles. The number of nitro groups is 1. The van der Waals surface area contributed by atoms with Crippen molar-refractivity contribution in [3.8, 4) is 0 Å². The van der Waals surface area contributed by atoms with E-state index in [0.29, 0.717) is 12.1 Å². The molecule has 0 aliphatic rings. The Bertz CT molecular complexity index is 418. The molecule has 0 N–H and O–H groups in total. The van der Waals surface area contributed by atoms with Crippen molar-refractivity contribution in [2.24, 2.45) is 0 Å². The van der Waals surface area contributed by atoms with Crippen molar-refractivity contribution in [2.45, 2.75) is 19.8 Å². The lowest BCUT2D eigenvalue weighted by atomic mass is 10.1. The van der Waals surface area contributed by atoms with Crippen LogP contribution in [0.2, 0.25) is 0 Å². The fraction of sp³-hybridized carbons (Fsp3) is 0.417. The van der Waals surface area contributed by atoms with Crippen LogP contribution in [-0.4, -0.2) is 29.3 Å². The lowest BCUT2D eigenvalue weighted by molar-refractivity contribution is -0.384. The van der Waals surface area contributed by atoms with Gasteiger partial charge in [0.2, 0.25) is 0 Å². The van der Waals surface area contributed by atoms with Crippen molar-refractivity contribution in [3.63, 3.8) is 0 Å². The summed E-state index contributed by atoms with van der Waals surface area (Å²) >= 11 is 0. The predicted octanol–water partition coefficient (Wildman–Crippen LogP) is 2.47. The number of non-ortho nitro benzene ring substituents is 1. The first-order valence-corrected chi connectivity index (χ1v) is 5.56. The molecule has 0 heterocycles. The average molecular weight is 236 g/mol. The Kier molecular flexibility index (Phi) is 4.63. The maximum Gasteiger partial charge on any atom is 0.270 e. The molecule has 0 aromatic heterocycles. The summed E-state index contributed by atoms with van der Waals surface area (Å²) in [5, 5.41) is 10.6. The zero-order chi connectivity index (χ0) is 12.8. The van der Waals surface area contributed by atoms with Gasteiger partial charge in [-0.2, -0.15) is 0 Å². The van der Waals surface area contributed by atoms with E-state index in [1.807, 2.05) is 6.92 Å². The number of amides is 1. The van der Waals surface area contributed by atoms with Gasteiger partial charge in [-0.25, -0.2) is 0 Å². The first-order chi connectivity index (χ1) is 8.06. The number of hydrogen-bond acceptors (Lipinski definition) is 3. The van der Waals surface area contributed by atoms with Gasteiger partial charge in [-0.1, -0.05) is 19.4 Å². The van der Waals surface area contributed by atoms with Crippen molar-refractivity contribution in [1.29, 1.82) is 0 Å². The third-order valence-corrected chi connectivity index (χ3v) is 2.50. The van der Waals surface area contributed by atoms with E-state index in [-0.39, 0.29) is 11.6 Å². The number of carbonyl (C=O) groups is 1. The smallest absolute Gasteiger partial charge is 0.270 e. The monoisotopic (exact) mass is 236 g/mol. The van der Waals surface area contributed by atoms with Gasteiger partial charge in [0.25, 0.3) is 11.6 Å². The van der Waals surface area contributed by atoms with E-state index in [1.54, 1.807) is 18.0 Å². The summed E-state index contributed by atoms with van der Waals surface area (Å²) in [5.74, 6) is -0.179. The second-order valence-electron chi connectivity index (χ2n) is 3.89. The largest absolute Gasteiger partial charge is 0.342 e. The Morgan fingerprint density at radius 3 is 2.76 bits per heavy atom. The van der Waals surface area contributed by atoms with Gasteiger partial charge in [0.15, 0.2) is 0 Å². The van der Waals surface area contributed by atoms with Gasteiger partial charge < -0.3 is 4.90 Å². The number of benzene rings is 1. The Morgan fingerprint density at radius 2 is 2.18 bits per heavy atom. The molecule has 17 heavy (non-hydrogen) atoms. The van der Waals surface area contributed by atoms with Gasteiger partial charge in [0.05, 0.1) is 4.92 Å². The van der Waals surface area contributed by atoms with E-state index in [4.69, 9.17) is 0 Å². The first kappa shape index (κ1) is 13.2. The van der Waals surface area contributed by atoms with Crippen LogP contribution in [0.4, 0.5) is 5.69 Å². The van der Waals surface area contributed by atoms with Crippen LogP contribution in [0.25, 0.3) is 0 Å². The molecular formula is C12H16N2O3. The maximum absolute atomic E-state index is 11.9. The van der Waals surface area contributed by atoms with E-state index < -0.39 is 4.92 Å². The number of hydrogen-bond donors (Lipinski definition) is 0. The average Bonchev–Trinajstić information content (AvgIpc) is 2.35. The minimum Gasteiger partial charge on any atom is -0.342 e. The Labute approximate surface area is 100 Å². The van der Waals surface area contributed by atoms with E-state index in [9.17, 15) is 14.9 Å². The topological polar surface area (TPSA) is 63.5 Å². The second kappa shape index (κ2) is 5.98. The third kappa shape index (κ3) is 3.55. The Morgan fingerprint density at radius 1 is 1.47 bits per heavy atom. The minimum atomic E-state index is -0.497. The van der Waals surface area contributed by atoms with Gasteiger partial charge in [0.1, 0.15) is 0 Å². The molecule has 0 saturated heterocycles. The SMILES string of the molecule is CCCCN(C)C(=O)c1cccc([N+](=O)[O-])c1. The van der Waals surface area contributed by atoms with Crippen molar-refractivity contribution in [2.75, 3.05) is 13.6 Å². The Hall–Kier alpha value is -1.91. The van der Waals surface area contributed by atoms with E-state index in [0.717, 1.165) is 12.8 Å². The molecule has 1 amide bonds. The molecule has 92 valence electrons. The van der Waals surface area contributed by atoms with E-state index >= 15 is 0 Å². The molecule has 0 aliphatic carbocycles. The van der Waals surface area contributed by atoms with Crippen LogP contribution < -0.4 is 0 Å². The Balaban J connectivity index is 2.81. The number of unbranched alkanes of at least 4 members (excludes halogenated alkanes) is 1. The standard InChI is InChI=1S/C12H16N2O3/c1-3-4-8-13(2)12(15)10-6-5-7-11(9-10)14(16)17/h5-7,9H,3-4,8H2,1-2H3. The third-order valence-electron chi connectivity index (χ3n) is 2.50. The summed E-state index contributed by atoms with van der Waals surface area (Å²) in [7, 11) is 1.71. The second-order valence-corrected chi connectivity index (χ2v) is 3.89. The van der Waals surface area contributed by atoms with Crippen LogP contribution in [0.1, 0.15) is 30.1 Å². The lowest BCUT2D eigenvalue weighted by Crippen LogP contribution is -2.27. The maximum atomic E-state index is 11.9. The molecule has 1 aromatic carbocycles.